The van der Waals surface area contributed by atoms with Crippen molar-refractivity contribution in [3.8, 4) is 0 Å². The molecular weight excluding hydrogens is 218 g/mol. The van der Waals surface area contributed by atoms with Gasteiger partial charge >= 0.3 is 6.09 Å². The molecule has 1 saturated heterocycles. The van der Waals surface area contributed by atoms with E-state index in [0.717, 1.165) is 25.9 Å². The molecule has 0 aromatic rings. The lowest BCUT2D eigenvalue weighted by Gasteiger charge is -2.24. The second kappa shape index (κ2) is 5.38. The second-order valence-electron chi connectivity index (χ2n) is 5.64. The van der Waals surface area contributed by atoms with Crippen LogP contribution in [-0.4, -0.2) is 35.5 Å². The molecule has 1 heterocycles. The summed E-state index contributed by atoms with van der Waals surface area (Å²) in [5.74, 6) is 0.673. The van der Waals surface area contributed by atoms with Gasteiger partial charge in [0.1, 0.15) is 5.60 Å². The van der Waals surface area contributed by atoms with Crippen molar-refractivity contribution < 1.29 is 9.53 Å². The monoisotopic (exact) mass is 241 g/mol. The summed E-state index contributed by atoms with van der Waals surface area (Å²) in [6.45, 7) is 7.08. The van der Waals surface area contributed by atoms with Gasteiger partial charge < -0.3 is 15.4 Å². The fraction of sp³-hybridized carbons (Fsp3) is 0.833. The van der Waals surface area contributed by atoms with E-state index in [1.165, 1.54) is 0 Å². The molecular formula is C12H23N3O2. The number of carbonyl (C=O) groups excluding carboxylic acids is 1. The number of rotatable bonds is 3. The molecule has 17 heavy (non-hydrogen) atoms. The molecule has 1 aliphatic heterocycles. The average molecular weight is 241 g/mol. The maximum absolute atomic E-state index is 11.8. The van der Waals surface area contributed by atoms with E-state index >= 15 is 0 Å². The molecule has 0 aromatic heterocycles. The van der Waals surface area contributed by atoms with Crippen LogP contribution in [-0.2, 0) is 4.74 Å². The lowest BCUT2D eigenvalue weighted by molar-refractivity contribution is 0.0288. The Balaban J connectivity index is 2.34. The molecule has 0 aliphatic carbocycles. The van der Waals surface area contributed by atoms with Gasteiger partial charge in [0.05, 0.1) is 5.84 Å². The fourth-order valence-electron chi connectivity index (χ4n) is 1.92. The first-order valence-electron chi connectivity index (χ1n) is 6.09. The molecule has 0 bridgehead atoms. The number of ether oxygens (including phenoxy) is 1. The molecule has 1 atom stereocenters. The summed E-state index contributed by atoms with van der Waals surface area (Å²) >= 11 is 0. The van der Waals surface area contributed by atoms with Crippen LogP contribution in [0.2, 0.25) is 0 Å². The number of nitrogens with zero attached hydrogens (tertiary/aromatic N) is 1. The Morgan fingerprint density at radius 1 is 1.53 bits per heavy atom. The Bertz CT molecular complexity index is 297. The number of likely N-dealkylation sites (tertiary alicyclic amines) is 1. The van der Waals surface area contributed by atoms with Gasteiger partial charge in [0.25, 0.3) is 0 Å². The Morgan fingerprint density at radius 3 is 2.71 bits per heavy atom. The number of hydrogen-bond donors (Lipinski definition) is 2. The lowest BCUT2D eigenvalue weighted by Crippen LogP contribution is -2.35. The van der Waals surface area contributed by atoms with Crippen molar-refractivity contribution in [2.24, 2.45) is 11.7 Å². The molecule has 0 spiro atoms. The molecule has 1 rings (SSSR count). The van der Waals surface area contributed by atoms with Crippen LogP contribution < -0.4 is 5.73 Å². The zero-order valence-electron chi connectivity index (χ0n) is 11.0. The van der Waals surface area contributed by atoms with E-state index in [4.69, 9.17) is 15.9 Å². The standard InChI is InChI=1S/C12H23N3O2/c1-12(2,3)17-11(16)15-7-6-9(8-15)4-5-10(13)14/h9H,4-8H2,1-3H3,(H3,13,14). The van der Waals surface area contributed by atoms with Crippen LogP contribution in [0.3, 0.4) is 0 Å². The van der Waals surface area contributed by atoms with E-state index in [-0.39, 0.29) is 11.9 Å². The van der Waals surface area contributed by atoms with Gasteiger partial charge in [-0.2, -0.15) is 0 Å². The lowest BCUT2D eigenvalue weighted by atomic mass is 10.0. The normalized spacial score (nSPS) is 20.4. The Labute approximate surface area is 103 Å². The Kier molecular flexibility index (Phi) is 4.37. The highest BCUT2D eigenvalue weighted by Gasteiger charge is 2.29. The molecule has 0 saturated carbocycles. The zero-order chi connectivity index (χ0) is 13.1. The van der Waals surface area contributed by atoms with E-state index in [1.54, 1.807) is 4.90 Å². The number of nitrogens with two attached hydrogens (primary N) is 1. The Morgan fingerprint density at radius 2 is 2.18 bits per heavy atom. The van der Waals surface area contributed by atoms with Crippen LogP contribution in [0.4, 0.5) is 4.79 Å². The first-order chi connectivity index (χ1) is 7.78. The maximum Gasteiger partial charge on any atom is 0.410 e. The van der Waals surface area contributed by atoms with Gasteiger partial charge in [-0.3, -0.25) is 5.41 Å². The SMILES string of the molecule is CC(C)(C)OC(=O)N1CCC(CCC(=N)N)C1. The third-order valence-electron chi connectivity index (χ3n) is 2.76. The first-order valence-corrected chi connectivity index (χ1v) is 6.09. The third kappa shape index (κ3) is 5.06. The summed E-state index contributed by atoms with van der Waals surface area (Å²) in [5.41, 5.74) is 4.89. The van der Waals surface area contributed by atoms with E-state index in [0.29, 0.717) is 12.3 Å². The van der Waals surface area contributed by atoms with Crippen LogP contribution in [0.1, 0.15) is 40.0 Å². The number of hydrogen-bond acceptors (Lipinski definition) is 3. The number of amides is 1. The van der Waals surface area contributed by atoms with Gasteiger partial charge in [-0.25, -0.2) is 4.79 Å². The maximum atomic E-state index is 11.8. The average Bonchev–Trinajstić information content (AvgIpc) is 2.60. The minimum atomic E-state index is -0.436. The summed E-state index contributed by atoms with van der Waals surface area (Å²) in [7, 11) is 0. The molecule has 3 N–H and O–H groups in total. The summed E-state index contributed by atoms with van der Waals surface area (Å²) in [4.78, 5) is 13.5. The van der Waals surface area contributed by atoms with Crippen molar-refractivity contribution >= 4 is 11.9 Å². The van der Waals surface area contributed by atoms with Crippen molar-refractivity contribution in [3.63, 3.8) is 0 Å². The molecule has 5 heteroatoms. The van der Waals surface area contributed by atoms with E-state index in [2.05, 4.69) is 0 Å². The quantitative estimate of drug-likeness (QED) is 0.585. The molecule has 1 unspecified atom stereocenters. The van der Waals surface area contributed by atoms with Gasteiger partial charge in [0, 0.05) is 19.5 Å². The fourth-order valence-corrected chi connectivity index (χ4v) is 1.92. The van der Waals surface area contributed by atoms with E-state index in [1.807, 2.05) is 20.8 Å². The zero-order valence-corrected chi connectivity index (χ0v) is 11.0. The minimum absolute atomic E-state index is 0.223. The molecule has 1 fully saturated rings. The van der Waals surface area contributed by atoms with Crippen LogP contribution in [0.15, 0.2) is 0 Å². The van der Waals surface area contributed by atoms with E-state index in [9.17, 15) is 4.79 Å². The summed E-state index contributed by atoms with van der Waals surface area (Å²) in [6, 6.07) is 0. The van der Waals surface area contributed by atoms with Crippen molar-refractivity contribution in [2.45, 2.75) is 45.6 Å². The van der Waals surface area contributed by atoms with Crippen LogP contribution in [0.5, 0.6) is 0 Å². The predicted octanol–water partition coefficient (Wildman–Crippen LogP) is 1.96. The molecule has 0 radical (unpaired) electrons. The van der Waals surface area contributed by atoms with Gasteiger partial charge in [-0.1, -0.05) is 0 Å². The smallest absolute Gasteiger partial charge is 0.410 e. The Hall–Kier alpha value is -1.26. The highest BCUT2D eigenvalue weighted by atomic mass is 16.6. The first kappa shape index (κ1) is 13.8. The topological polar surface area (TPSA) is 79.4 Å². The highest BCUT2D eigenvalue weighted by Crippen LogP contribution is 2.22. The van der Waals surface area contributed by atoms with Gasteiger partial charge in [-0.15, -0.1) is 0 Å². The predicted molar refractivity (Wildman–Crippen MR) is 67.1 cm³/mol. The second-order valence-corrected chi connectivity index (χ2v) is 5.64. The largest absolute Gasteiger partial charge is 0.444 e. The van der Waals surface area contributed by atoms with Gasteiger partial charge in [-0.05, 0) is 39.5 Å². The van der Waals surface area contributed by atoms with Crippen LogP contribution in [0, 0.1) is 11.3 Å². The third-order valence-corrected chi connectivity index (χ3v) is 2.76. The molecule has 98 valence electrons. The van der Waals surface area contributed by atoms with E-state index < -0.39 is 5.60 Å². The molecule has 1 aliphatic rings. The van der Waals surface area contributed by atoms with Crippen molar-refractivity contribution in [1.82, 2.24) is 4.90 Å². The van der Waals surface area contributed by atoms with Gasteiger partial charge in [0.15, 0.2) is 0 Å². The molecule has 5 nitrogen and oxygen atoms in total. The summed E-state index contributed by atoms with van der Waals surface area (Å²) in [5, 5.41) is 7.18. The summed E-state index contributed by atoms with van der Waals surface area (Å²) < 4.78 is 5.32. The van der Waals surface area contributed by atoms with Gasteiger partial charge in [0.2, 0.25) is 0 Å². The van der Waals surface area contributed by atoms with Crippen molar-refractivity contribution in [2.75, 3.05) is 13.1 Å². The van der Waals surface area contributed by atoms with Crippen LogP contribution >= 0.6 is 0 Å². The van der Waals surface area contributed by atoms with Crippen molar-refractivity contribution in [3.05, 3.63) is 0 Å². The number of amidine groups is 1. The molecule has 1 amide bonds. The summed E-state index contributed by atoms with van der Waals surface area (Å²) in [6.07, 6.45) is 2.25. The van der Waals surface area contributed by atoms with Crippen LogP contribution in [0.25, 0.3) is 0 Å². The molecule has 0 aromatic carbocycles. The highest BCUT2D eigenvalue weighted by molar-refractivity contribution is 5.76. The minimum Gasteiger partial charge on any atom is -0.444 e. The number of carbonyl (C=O) groups is 1. The van der Waals surface area contributed by atoms with Crippen molar-refractivity contribution in [1.29, 1.82) is 5.41 Å². The number of nitrogens with one attached hydrogen (secondary N) is 1.